The summed E-state index contributed by atoms with van der Waals surface area (Å²) in [6, 6.07) is 11.4. The fourth-order valence-corrected chi connectivity index (χ4v) is 1.49. The Morgan fingerprint density at radius 1 is 1.12 bits per heavy atom. The fourth-order valence-electron chi connectivity index (χ4n) is 1.49. The van der Waals surface area contributed by atoms with E-state index in [9.17, 15) is 8.78 Å². The van der Waals surface area contributed by atoms with Crippen molar-refractivity contribution in [1.29, 1.82) is 0 Å². The molecule has 0 bridgehead atoms. The van der Waals surface area contributed by atoms with Gasteiger partial charge >= 0.3 is 0 Å². The molecule has 0 aliphatic heterocycles. The molecule has 0 spiro atoms. The van der Waals surface area contributed by atoms with Crippen molar-refractivity contribution in [3.8, 4) is 16.9 Å². The summed E-state index contributed by atoms with van der Waals surface area (Å²) in [6.07, 6.45) is 0. The molecule has 0 saturated carbocycles. The van der Waals surface area contributed by atoms with Crippen molar-refractivity contribution in [2.75, 3.05) is 7.11 Å². The smallest absolute Gasteiger partial charge is 0.172 e. The Labute approximate surface area is 92.3 Å². The van der Waals surface area contributed by atoms with Crippen molar-refractivity contribution < 1.29 is 13.5 Å². The normalized spacial score (nSPS) is 10.2. The Bertz CT molecular complexity index is 509. The van der Waals surface area contributed by atoms with E-state index in [2.05, 4.69) is 6.07 Å². The molecule has 3 heteroatoms. The third-order valence-electron chi connectivity index (χ3n) is 2.28. The van der Waals surface area contributed by atoms with Crippen molar-refractivity contribution in [3.05, 3.63) is 54.1 Å². The van der Waals surface area contributed by atoms with Gasteiger partial charge in [0, 0.05) is 11.1 Å². The number of benzene rings is 2. The molecule has 81 valence electrons. The Kier molecular flexibility index (Phi) is 2.86. The van der Waals surface area contributed by atoms with Gasteiger partial charge in [0.2, 0.25) is 0 Å². The van der Waals surface area contributed by atoms with E-state index in [0.717, 1.165) is 0 Å². The van der Waals surface area contributed by atoms with Gasteiger partial charge in [-0.25, -0.2) is 8.78 Å². The lowest BCUT2D eigenvalue weighted by atomic mass is 10.0. The summed E-state index contributed by atoms with van der Waals surface area (Å²) in [6.45, 7) is 0. The highest BCUT2D eigenvalue weighted by molar-refractivity contribution is 5.66. The Morgan fingerprint density at radius 3 is 2.62 bits per heavy atom. The standard InChI is InChI=1S/C13H9F2O/c1-16-12-8-4-6-10(13(12)15)9-5-2-3-7-11(9)14/h3-8H,1H3. The van der Waals surface area contributed by atoms with E-state index in [1.807, 2.05) is 0 Å². The van der Waals surface area contributed by atoms with Gasteiger partial charge < -0.3 is 4.74 Å². The first kappa shape index (κ1) is 10.6. The molecule has 2 aromatic carbocycles. The number of ether oxygens (including phenoxy) is 1. The molecule has 0 heterocycles. The quantitative estimate of drug-likeness (QED) is 0.751. The summed E-state index contributed by atoms with van der Waals surface area (Å²) in [5.41, 5.74) is 0.354. The van der Waals surface area contributed by atoms with Gasteiger partial charge in [0.25, 0.3) is 0 Å². The largest absolute Gasteiger partial charge is 0.494 e. The number of rotatable bonds is 2. The van der Waals surface area contributed by atoms with Crippen LogP contribution < -0.4 is 4.74 Å². The predicted octanol–water partition coefficient (Wildman–Crippen LogP) is 3.44. The summed E-state index contributed by atoms with van der Waals surface area (Å²) in [5.74, 6) is -0.949. The summed E-state index contributed by atoms with van der Waals surface area (Å²) >= 11 is 0. The van der Waals surface area contributed by atoms with Gasteiger partial charge in [-0.3, -0.25) is 0 Å². The molecule has 0 aromatic heterocycles. The van der Waals surface area contributed by atoms with Crippen LogP contribution in [0.1, 0.15) is 0 Å². The molecule has 0 N–H and O–H groups in total. The molecule has 0 aliphatic rings. The first-order chi connectivity index (χ1) is 7.74. The summed E-state index contributed by atoms with van der Waals surface area (Å²) in [5, 5.41) is 0. The van der Waals surface area contributed by atoms with Crippen LogP contribution in [0.4, 0.5) is 8.78 Å². The average molecular weight is 219 g/mol. The van der Waals surface area contributed by atoms with E-state index in [0.29, 0.717) is 0 Å². The maximum atomic E-state index is 13.8. The number of methoxy groups -OCH3 is 1. The third kappa shape index (κ3) is 1.76. The molecule has 16 heavy (non-hydrogen) atoms. The number of halogens is 2. The van der Waals surface area contributed by atoms with Crippen LogP contribution in [-0.2, 0) is 0 Å². The number of hydrogen-bond donors (Lipinski definition) is 0. The van der Waals surface area contributed by atoms with Crippen molar-refractivity contribution in [3.63, 3.8) is 0 Å². The second kappa shape index (κ2) is 4.31. The molecule has 1 radical (unpaired) electrons. The van der Waals surface area contributed by atoms with Gasteiger partial charge in [0.1, 0.15) is 5.82 Å². The lowest BCUT2D eigenvalue weighted by Crippen LogP contribution is -1.92. The molecule has 0 saturated heterocycles. The van der Waals surface area contributed by atoms with Gasteiger partial charge in [0.05, 0.1) is 7.11 Å². The molecule has 1 nitrogen and oxygen atoms in total. The van der Waals surface area contributed by atoms with E-state index < -0.39 is 11.6 Å². The monoisotopic (exact) mass is 219 g/mol. The van der Waals surface area contributed by atoms with Gasteiger partial charge in [-0.05, 0) is 24.3 Å². The molecule has 0 unspecified atom stereocenters. The lowest BCUT2D eigenvalue weighted by Gasteiger charge is -2.07. The van der Waals surface area contributed by atoms with Crippen molar-refractivity contribution in [1.82, 2.24) is 0 Å². The summed E-state index contributed by atoms with van der Waals surface area (Å²) in [7, 11) is 1.37. The second-order valence-corrected chi connectivity index (χ2v) is 3.23. The van der Waals surface area contributed by atoms with E-state index in [1.54, 1.807) is 6.07 Å². The zero-order chi connectivity index (χ0) is 11.5. The molecular formula is C13H9F2O. The molecule has 0 aliphatic carbocycles. The Morgan fingerprint density at radius 2 is 1.94 bits per heavy atom. The molecular weight excluding hydrogens is 210 g/mol. The van der Waals surface area contributed by atoms with Crippen LogP contribution in [0.3, 0.4) is 0 Å². The first-order valence-electron chi connectivity index (χ1n) is 4.72. The molecule has 2 rings (SSSR count). The van der Waals surface area contributed by atoms with Crippen LogP contribution in [-0.4, -0.2) is 7.11 Å². The lowest BCUT2D eigenvalue weighted by molar-refractivity contribution is 0.387. The molecule has 2 aromatic rings. The minimum atomic E-state index is -0.566. The minimum absolute atomic E-state index is 0.0979. The summed E-state index contributed by atoms with van der Waals surface area (Å²) in [4.78, 5) is 0. The zero-order valence-electron chi connectivity index (χ0n) is 8.63. The van der Waals surface area contributed by atoms with Gasteiger partial charge in [-0.2, -0.15) is 0 Å². The van der Waals surface area contributed by atoms with Crippen LogP contribution in [0.25, 0.3) is 11.1 Å². The van der Waals surface area contributed by atoms with Crippen molar-refractivity contribution in [2.45, 2.75) is 0 Å². The fraction of sp³-hybridized carbons (Fsp3) is 0.0769. The highest BCUT2D eigenvalue weighted by atomic mass is 19.1. The highest BCUT2D eigenvalue weighted by Gasteiger charge is 2.12. The Balaban J connectivity index is 2.61. The molecule has 0 fully saturated rings. The van der Waals surface area contributed by atoms with Crippen molar-refractivity contribution in [2.24, 2.45) is 0 Å². The zero-order valence-corrected chi connectivity index (χ0v) is 8.63. The topological polar surface area (TPSA) is 9.23 Å². The van der Waals surface area contributed by atoms with E-state index >= 15 is 0 Å². The maximum Gasteiger partial charge on any atom is 0.172 e. The summed E-state index contributed by atoms with van der Waals surface area (Å²) < 4.78 is 32.1. The maximum absolute atomic E-state index is 13.8. The minimum Gasteiger partial charge on any atom is -0.494 e. The van der Waals surface area contributed by atoms with Crippen LogP contribution in [0.5, 0.6) is 5.75 Å². The van der Waals surface area contributed by atoms with Gasteiger partial charge in [-0.15, -0.1) is 0 Å². The van der Waals surface area contributed by atoms with Crippen LogP contribution in [0, 0.1) is 17.7 Å². The van der Waals surface area contributed by atoms with Crippen molar-refractivity contribution >= 4 is 0 Å². The van der Waals surface area contributed by atoms with Crippen LogP contribution >= 0.6 is 0 Å². The first-order valence-corrected chi connectivity index (χ1v) is 4.72. The van der Waals surface area contributed by atoms with Crippen LogP contribution in [0.15, 0.2) is 36.4 Å². The molecule has 0 atom stereocenters. The predicted molar refractivity (Wildman–Crippen MR) is 57.2 cm³/mol. The van der Waals surface area contributed by atoms with Crippen LogP contribution in [0.2, 0.25) is 0 Å². The number of hydrogen-bond acceptors (Lipinski definition) is 1. The highest BCUT2D eigenvalue weighted by Crippen LogP contribution is 2.30. The second-order valence-electron chi connectivity index (χ2n) is 3.23. The van der Waals surface area contributed by atoms with Gasteiger partial charge in [-0.1, -0.05) is 18.2 Å². The average Bonchev–Trinajstić information content (AvgIpc) is 2.31. The van der Waals surface area contributed by atoms with E-state index in [4.69, 9.17) is 4.74 Å². The van der Waals surface area contributed by atoms with E-state index in [-0.39, 0.29) is 16.9 Å². The SMILES string of the molecule is COc1cccc(-c2c[c]ccc2F)c1F. The Hall–Kier alpha value is -1.90. The third-order valence-corrected chi connectivity index (χ3v) is 2.28. The molecule has 0 amide bonds. The van der Waals surface area contributed by atoms with Gasteiger partial charge in [0.15, 0.2) is 11.6 Å². The van der Waals surface area contributed by atoms with E-state index in [1.165, 1.54) is 37.4 Å².